The van der Waals surface area contributed by atoms with Crippen molar-refractivity contribution in [2.45, 2.75) is 134 Å². The van der Waals surface area contributed by atoms with Crippen LogP contribution in [0.15, 0.2) is 203 Å². The lowest BCUT2D eigenvalue weighted by Crippen LogP contribution is -2.20. The minimum atomic E-state index is -3.35. The number of anilines is 4. The van der Waals surface area contributed by atoms with Gasteiger partial charge in [0.1, 0.15) is 40.0 Å². The van der Waals surface area contributed by atoms with E-state index in [0.29, 0.717) is 118 Å². The molecule has 5 aromatic carbocycles. The summed E-state index contributed by atoms with van der Waals surface area (Å²) in [7, 11) is -13.3. The Morgan fingerprint density at radius 1 is 0.441 bits per heavy atom. The molecule has 32 nitrogen and oxygen atoms in total. The molecule has 0 saturated heterocycles. The molecule has 0 unspecified atom stereocenters. The molecule has 1 saturated carbocycles. The van der Waals surface area contributed by atoms with Gasteiger partial charge in [-0.05, 0) is 129 Å². The molecule has 0 spiro atoms. The van der Waals surface area contributed by atoms with Gasteiger partial charge in [-0.2, -0.15) is 5.10 Å². The van der Waals surface area contributed by atoms with Crippen molar-refractivity contribution >= 4 is 130 Å². The number of nitrogens with zero attached hydrogens (tertiary/aromatic N) is 10. The summed E-state index contributed by atoms with van der Waals surface area (Å²) in [6.07, 6.45) is 23.5. The first kappa shape index (κ1) is 84.2. The molecule has 36 heteroatoms. The second kappa shape index (κ2) is 36.3. The summed E-state index contributed by atoms with van der Waals surface area (Å²) in [5.41, 5.74) is 11.5. The summed E-state index contributed by atoms with van der Waals surface area (Å²) >= 11 is 0. The number of para-hydroxylation sites is 1. The van der Waals surface area contributed by atoms with E-state index < -0.39 is 60.3 Å². The third-order valence-corrected chi connectivity index (χ3v) is 27.6. The number of amides is 4. The van der Waals surface area contributed by atoms with E-state index in [9.17, 15) is 52.8 Å². The van der Waals surface area contributed by atoms with Crippen LogP contribution in [0.3, 0.4) is 0 Å². The van der Waals surface area contributed by atoms with E-state index in [2.05, 4.69) is 102 Å². The first-order valence-corrected chi connectivity index (χ1v) is 43.5. The van der Waals surface area contributed by atoms with E-state index in [-0.39, 0.29) is 81.4 Å². The second-order valence-electron chi connectivity index (χ2n) is 28.3. The maximum atomic E-state index is 12.5. The molecule has 15 rings (SSSR count). The number of carbonyl (C=O) groups is 4. The highest BCUT2D eigenvalue weighted by Crippen LogP contribution is 2.33. The van der Waals surface area contributed by atoms with Gasteiger partial charge >= 0.3 is 0 Å². The highest BCUT2D eigenvalue weighted by atomic mass is 32.2. The average molecular weight is 1690 g/mol. The van der Waals surface area contributed by atoms with E-state index in [4.69, 9.17) is 11.2 Å². The van der Waals surface area contributed by atoms with Gasteiger partial charge in [-0.15, -0.1) is 6.42 Å². The van der Waals surface area contributed by atoms with Crippen molar-refractivity contribution in [3.8, 4) is 63.1 Å². The monoisotopic (exact) mass is 1690 g/mol. The predicted molar refractivity (Wildman–Crippen MR) is 468 cm³/mol. The number of rotatable bonds is 23. The summed E-state index contributed by atoms with van der Waals surface area (Å²) in [6, 6.07) is 35.3. The van der Waals surface area contributed by atoms with E-state index in [1.165, 1.54) is 6.33 Å². The Kier molecular flexibility index (Phi) is 25.9. The fourth-order valence-corrected chi connectivity index (χ4v) is 16.3. The molecule has 9 N–H and O–H groups in total. The minimum absolute atomic E-state index is 0. The normalized spacial score (nSPS) is 12.5. The largest absolute Gasteiger partial charge is 0.484 e. The van der Waals surface area contributed by atoms with Gasteiger partial charge in [0.15, 0.2) is 68.5 Å². The lowest BCUT2D eigenvalue weighted by Gasteiger charge is -2.10. The third-order valence-electron chi connectivity index (χ3n) is 18.9. The zero-order valence-electron chi connectivity index (χ0n) is 65.1. The predicted octanol–water partition coefficient (Wildman–Crippen LogP) is 14.8. The number of nitrogens with one attached hydrogen (secondary N) is 9. The van der Waals surface area contributed by atoms with E-state index >= 15 is 0 Å². The van der Waals surface area contributed by atoms with Crippen LogP contribution in [0.1, 0.15) is 106 Å². The Hall–Kier alpha value is -13.2. The van der Waals surface area contributed by atoms with Crippen LogP contribution in [0.25, 0.3) is 89.7 Å². The summed E-state index contributed by atoms with van der Waals surface area (Å²) in [6.45, 7) is 13.1. The molecule has 1 aliphatic rings. The van der Waals surface area contributed by atoms with Crippen LogP contribution in [0, 0.1) is 18.3 Å². The molecule has 118 heavy (non-hydrogen) atoms. The van der Waals surface area contributed by atoms with Gasteiger partial charge < -0.3 is 45.9 Å². The smallest absolute Gasteiger partial charge is 0.262 e. The topological polar surface area (TPSA) is 470 Å². The van der Waals surface area contributed by atoms with Crippen LogP contribution < -0.4 is 26.0 Å². The molecular formula is C82H101N19O13S4. The summed E-state index contributed by atoms with van der Waals surface area (Å²) in [5.74, 6) is 2.51. The number of sulfone groups is 4. The number of hydrogen-bond acceptors (Lipinski definition) is 23. The van der Waals surface area contributed by atoms with Gasteiger partial charge in [0, 0.05) is 65.8 Å². The van der Waals surface area contributed by atoms with Crippen molar-refractivity contribution in [1.29, 1.82) is 0 Å². The van der Waals surface area contributed by atoms with Gasteiger partial charge in [0.05, 0.1) is 124 Å². The van der Waals surface area contributed by atoms with Crippen molar-refractivity contribution in [1.82, 2.24) is 75.0 Å². The van der Waals surface area contributed by atoms with Crippen molar-refractivity contribution in [2.75, 3.05) is 27.9 Å². The molecule has 626 valence electrons. The number of fused-ring (bicyclic) bond motifs is 4. The Balaban J connectivity index is 0.000000427. The number of aromatic amines is 5. The molecule has 4 amide bonds. The van der Waals surface area contributed by atoms with E-state index in [1.807, 2.05) is 18.2 Å². The van der Waals surface area contributed by atoms with E-state index in [1.54, 1.807) is 214 Å². The molecule has 1 aliphatic carbocycles. The zero-order valence-corrected chi connectivity index (χ0v) is 68.4. The fraction of sp³-hybridized carbons (Fsp3) is 0.244. The molecule has 0 bridgehead atoms. The van der Waals surface area contributed by atoms with Gasteiger partial charge in [-0.25, -0.2) is 78.5 Å². The molecule has 9 aromatic heterocycles. The number of carbonyl (C=O) groups excluding carboxylic acids is 4. The summed E-state index contributed by atoms with van der Waals surface area (Å²) < 4.78 is 104. The summed E-state index contributed by atoms with van der Waals surface area (Å²) in [4.78, 5) is 101. The summed E-state index contributed by atoms with van der Waals surface area (Å²) in [5, 5.41) is 15.6. The SMILES string of the molecule is C#CCC(=O)Nc1c[nH]c2ncc(-c3ccc(S(=O)(=O)C(C)C)cc3)nc12.CC(C)S(=O)(=O)c1ccc(-c2cnc3[nH]cc(NC(=O)C4CCCC4)c3n2)cc1.CC(C)S(=O)(=O)c1ccc(-c2cnc3[nH]cc(NC(=O)COc4ccccc4)c3n2)cc1.CC(C)S(=O)(=O)c1ccc(-c2cnc3[nH]cc(NC(=O)Cc4ncn[nH]4)c3n2)cc1.[HH].[HH].[HH].[HH].[HH].[HH].[HH].[HH].[HH]. The standard InChI is InChI=1S/C23H22N4O4S.C21H24N4O3S.C19H19N7O3S.C19H18N4O3S.9H2/c1-15(2)32(29,30)18-10-8-16(9-11-18)19-12-24-23-22(27-19)20(13-25-23)26-21(28)14-31-17-6-4-3-5-7-17;1-13(2)29(27,28)16-9-7-14(8-10-16)17-11-22-20-19(24-17)18(12-23-20)25-21(26)15-5-3-4-6-15;1-11(2)30(28,29)13-5-3-12(4-6-13)14-8-20-19-18(25-14)15(9-21-19)24-17(27)7-16-22-10-23-26-16;1-4-5-17(24)22-16-11-21-19-18(16)23-15(10-20-19)13-6-8-14(9-7-13)27(25,26)12(2)3;;;;;;;;;/h3-13,15H,14H2,1-2H3,(H,24,25)(H,26,28);7-13,15H,3-6H2,1-2H3,(H,22,23)(H,25,26);3-6,8-11H,7H2,1-2H3,(H,20,21)(H,24,27)(H,22,23,26);1,6-12H,5H2,2-3H3,(H,20,21)(H,22,24);9*1H. The molecule has 0 radical (unpaired) electrons. The number of benzene rings is 5. The fourth-order valence-electron chi connectivity index (χ4n) is 12.1. The van der Waals surface area contributed by atoms with Crippen LogP contribution in [0.5, 0.6) is 5.75 Å². The first-order chi connectivity index (χ1) is 56.4. The molecule has 14 aromatic rings. The number of hydrogen-bond donors (Lipinski definition) is 9. The van der Waals surface area contributed by atoms with E-state index in [0.717, 1.165) is 31.2 Å². The zero-order chi connectivity index (χ0) is 84.2. The minimum Gasteiger partial charge on any atom is -0.484 e. The van der Waals surface area contributed by atoms with Crippen molar-refractivity contribution in [3.05, 3.63) is 189 Å². The van der Waals surface area contributed by atoms with Gasteiger partial charge in [0.25, 0.3) is 5.91 Å². The van der Waals surface area contributed by atoms with Gasteiger partial charge in [-0.1, -0.05) is 85.5 Å². The Bertz CT molecular complexity index is 6550. The Morgan fingerprint density at radius 2 is 0.763 bits per heavy atom. The molecule has 0 aliphatic heterocycles. The molecule has 0 atom stereocenters. The van der Waals surface area contributed by atoms with Gasteiger partial charge in [0.2, 0.25) is 17.7 Å². The number of H-pyrrole nitrogens is 5. The number of terminal acetylenes is 1. The lowest BCUT2D eigenvalue weighted by molar-refractivity contribution is -0.120. The van der Waals surface area contributed by atoms with Crippen LogP contribution >= 0.6 is 0 Å². The second-order valence-corrected chi connectivity index (χ2v) is 38.3. The highest BCUT2D eigenvalue weighted by Gasteiger charge is 2.27. The quantitative estimate of drug-likeness (QED) is 0.0269. The molecule has 9 heterocycles. The van der Waals surface area contributed by atoms with Crippen molar-refractivity contribution < 1.29 is 70.4 Å². The Labute approximate surface area is 692 Å². The Morgan fingerprint density at radius 3 is 1.08 bits per heavy atom. The van der Waals surface area contributed by atoms with Crippen LogP contribution in [-0.2, 0) is 64.9 Å². The number of ether oxygens (including phenoxy) is 1. The highest BCUT2D eigenvalue weighted by molar-refractivity contribution is 7.92. The van der Waals surface area contributed by atoms with Crippen LogP contribution in [-0.4, -0.2) is 160 Å². The molecular weight excluding hydrogens is 1590 g/mol. The van der Waals surface area contributed by atoms with Crippen molar-refractivity contribution in [3.63, 3.8) is 0 Å². The maximum absolute atomic E-state index is 12.5. The maximum Gasteiger partial charge on any atom is 0.262 e. The lowest BCUT2D eigenvalue weighted by atomic mass is 10.1. The van der Waals surface area contributed by atoms with Crippen LogP contribution in [0.4, 0.5) is 22.7 Å². The average Bonchev–Trinajstić information content (AvgIpc) is 1.72. The third kappa shape index (κ3) is 19.6. The van der Waals surface area contributed by atoms with Gasteiger partial charge in [-0.3, -0.25) is 24.3 Å². The number of aromatic nitrogens is 15. The molecule has 1 fully saturated rings. The first-order valence-electron chi connectivity index (χ1n) is 37.3. The van der Waals surface area contributed by atoms with Crippen LogP contribution in [0.2, 0.25) is 0 Å². The van der Waals surface area contributed by atoms with Crippen molar-refractivity contribution in [2.24, 2.45) is 5.92 Å².